The van der Waals surface area contributed by atoms with Crippen LogP contribution in [-0.2, 0) is 0 Å². The van der Waals surface area contributed by atoms with E-state index in [9.17, 15) is 4.79 Å². The van der Waals surface area contributed by atoms with Gasteiger partial charge >= 0.3 is 0 Å². The molecule has 0 bridgehead atoms. The number of hydrogen-bond acceptors (Lipinski definition) is 4. The zero-order valence-electron chi connectivity index (χ0n) is 12.3. The Hall–Kier alpha value is -1.62. The number of pyridine rings is 1. The molecule has 1 aromatic rings. The minimum Gasteiger partial charge on any atom is -0.365 e. The van der Waals surface area contributed by atoms with Crippen LogP contribution in [0.25, 0.3) is 0 Å². The number of hydrogen-bond donors (Lipinski definition) is 2. The van der Waals surface area contributed by atoms with Gasteiger partial charge in [0.1, 0.15) is 5.82 Å². The van der Waals surface area contributed by atoms with Crippen molar-refractivity contribution in [1.29, 1.82) is 0 Å². The van der Waals surface area contributed by atoms with Crippen molar-refractivity contribution in [1.82, 2.24) is 4.98 Å². The largest absolute Gasteiger partial charge is 0.365 e. The Bertz CT molecular complexity index is 489. The highest BCUT2D eigenvalue weighted by atomic mass is 16.1. The Balaban J connectivity index is 2.35. The van der Waals surface area contributed by atoms with Crippen LogP contribution in [-0.4, -0.2) is 30.5 Å². The van der Waals surface area contributed by atoms with Crippen LogP contribution in [0.15, 0.2) is 12.3 Å². The van der Waals surface area contributed by atoms with Crippen LogP contribution in [0.5, 0.6) is 0 Å². The third-order valence-electron chi connectivity index (χ3n) is 4.39. The van der Waals surface area contributed by atoms with Crippen molar-refractivity contribution in [3.8, 4) is 0 Å². The molecule has 1 aliphatic rings. The van der Waals surface area contributed by atoms with Crippen molar-refractivity contribution in [2.75, 3.05) is 18.5 Å². The maximum absolute atomic E-state index is 11.7. The minimum absolute atomic E-state index is 0.334. The molecule has 2 rings (SSSR count). The molecule has 20 heavy (non-hydrogen) atoms. The Morgan fingerprint density at radius 1 is 1.45 bits per heavy atom. The number of carbonyl (C=O) groups is 1. The van der Waals surface area contributed by atoms with Gasteiger partial charge in [0.25, 0.3) is 5.91 Å². The minimum atomic E-state index is -0.419. The van der Waals surface area contributed by atoms with Crippen LogP contribution in [0.1, 0.15) is 41.6 Å². The molecule has 5 heteroatoms. The zero-order chi connectivity index (χ0) is 14.7. The molecule has 1 heterocycles. The van der Waals surface area contributed by atoms with Gasteiger partial charge in [-0.1, -0.05) is 12.8 Å². The molecule has 0 aromatic carbocycles. The highest BCUT2D eigenvalue weighted by Crippen LogP contribution is 2.31. The molecule has 0 radical (unpaired) electrons. The van der Waals surface area contributed by atoms with Gasteiger partial charge in [-0.15, -0.1) is 0 Å². The van der Waals surface area contributed by atoms with Gasteiger partial charge in [-0.2, -0.15) is 0 Å². The highest BCUT2D eigenvalue weighted by Gasteiger charge is 2.30. The van der Waals surface area contributed by atoms with Gasteiger partial charge in [-0.25, -0.2) is 4.98 Å². The van der Waals surface area contributed by atoms with Gasteiger partial charge in [-0.3, -0.25) is 4.79 Å². The van der Waals surface area contributed by atoms with Crippen molar-refractivity contribution in [2.45, 2.75) is 38.6 Å². The predicted molar refractivity (Wildman–Crippen MR) is 80.7 cm³/mol. The van der Waals surface area contributed by atoms with Crippen molar-refractivity contribution in [2.24, 2.45) is 17.4 Å². The van der Waals surface area contributed by atoms with Crippen molar-refractivity contribution >= 4 is 11.7 Å². The summed E-state index contributed by atoms with van der Waals surface area (Å²) in [5, 5.41) is 0. The topological polar surface area (TPSA) is 85.2 Å². The summed E-state index contributed by atoms with van der Waals surface area (Å²) < 4.78 is 0. The first-order valence-electron chi connectivity index (χ1n) is 7.24. The molecule has 2 atom stereocenters. The first-order valence-corrected chi connectivity index (χ1v) is 7.24. The Kier molecular flexibility index (Phi) is 4.60. The van der Waals surface area contributed by atoms with Crippen molar-refractivity contribution in [3.63, 3.8) is 0 Å². The molecule has 1 aliphatic carbocycles. The van der Waals surface area contributed by atoms with E-state index in [0.717, 1.165) is 18.4 Å². The maximum Gasteiger partial charge on any atom is 0.252 e. The second-order valence-electron chi connectivity index (χ2n) is 5.65. The summed E-state index contributed by atoms with van der Waals surface area (Å²) in [6.07, 6.45) is 6.39. The number of rotatable bonds is 4. The molecule has 1 aromatic heterocycles. The van der Waals surface area contributed by atoms with Gasteiger partial charge in [0.05, 0.1) is 5.56 Å². The Labute approximate surface area is 120 Å². The van der Waals surface area contributed by atoms with E-state index in [2.05, 4.69) is 9.88 Å². The second kappa shape index (κ2) is 6.22. The van der Waals surface area contributed by atoms with Crippen LogP contribution in [0.3, 0.4) is 0 Å². The lowest BCUT2D eigenvalue weighted by Crippen LogP contribution is -2.44. The van der Waals surface area contributed by atoms with Gasteiger partial charge in [0.15, 0.2) is 0 Å². The van der Waals surface area contributed by atoms with Crippen molar-refractivity contribution in [3.05, 3.63) is 23.4 Å². The molecule has 1 saturated carbocycles. The van der Waals surface area contributed by atoms with Crippen LogP contribution < -0.4 is 16.4 Å². The fourth-order valence-electron chi connectivity index (χ4n) is 3.25. The predicted octanol–water partition coefficient (Wildman–Crippen LogP) is 1.44. The molecule has 0 saturated heterocycles. The van der Waals surface area contributed by atoms with E-state index in [4.69, 9.17) is 11.5 Å². The number of aryl methyl sites for hydroxylation is 1. The molecule has 1 amide bonds. The van der Waals surface area contributed by atoms with Crippen LogP contribution in [0.4, 0.5) is 5.82 Å². The molecule has 110 valence electrons. The quantitative estimate of drug-likeness (QED) is 0.871. The number of nitrogens with zero attached hydrogens (tertiary/aromatic N) is 2. The summed E-state index contributed by atoms with van der Waals surface area (Å²) in [4.78, 5) is 18.2. The molecule has 0 spiro atoms. The first kappa shape index (κ1) is 14.8. The number of anilines is 1. The number of nitrogens with two attached hydrogens (primary N) is 2. The Morgan fingerprint density at radius 3 is 2.80 bits per heavy atom. The third kappa shape index (κ3) is 2.77. The summed E-state index contributed by atoms with van der Waals surface area (Å²) in [7, 11) is 1.99. The van der Waals surface area contributed by atoms with Crippen LogP contribution in [0.2, 0.25) is 0 Å². The summed E-state index contributed by atoms with van der Waals surface area (Å²) in [5.74, 6) is 0.720. The zero-order valence-corrected chi connectivity index (χ0v) is 12.3. The SMILES string of the molecule is Cc1ccnc(N(C)C2CCCCC2CN)c1C(N)=O. The van der Waals surface area contributed by atoms with E-state index in [1.807, 2.05) is 20.0 Å². The van der Waals surface area contributed by atoms with E-state index < -0.39 is 5.91 Å². The number of amides is 1. The lowest BCUT2D eigenvalue weighted by Gasteiger charge is -2.38. The molecule has 1 fully saturated rings. The lowest BCUT2D eigenvalue weighted by molar-refractivity contribution is 0.0999. The fourth-order valence-corrected chi connectivity index (χ4v) is 3.25. The van der Waals surface area contributed by atoms with Crippen LogP contribution >= 0.6 is 0 Å². The Morgan fingerprint density at radius 2 is 2.15 bits per heavy atom. The average Bonchev–Trinajstić information content (AvgIpc) is 2.45. The normalized spacial score (nSPS) is 22.6. The molecule has 0 aliphatic heterocycles. The molecular weight excluding hydrogens is 252 g/mol. The van der Waals surface area contributed by atoms with Gasteiger partial charge < -0.3 is 16.4 Å². The molecule has 4 N–H and O–H groups in total. The average molecular weight is 276 g/mol. The fraction of sp³-hybridized carbons (Fsp3) is 0.600. The molecule has 5 nitrogen and oxygen atoms in total. The molecular formula is C15H24N4O. The number of carbonyl (C=O) groups excluding carboxylic acids is 1. The van der Waals surface area contributed by atoms with E-state index in [1.54, 1.807) is 6.20 Å². The van der Waals surface area contributed by atoms with Gasteiger partial charge in [0, 0.05) is 19.3 Å². The van der Waals surface area contributed by atoms with Crippen molar-refractivity contribution < 1.29 is 4.79 Å². The van der Waals surface area contributed by atoms with E-state index in [-0.39, 0.29) is 0 Å². The smallest absolute Gasteiger partial charge is 0.252 e. The standard InChI is InChI=1S/C15H24N4O/c1-10-7-8-18-15(13(10)14(17)20)19(2)12-6-4-3-5-11(12)9-16/h7-8,11-12H,3-6,9,16H2,1-2H3,(H2,17,20). The third-order valence-corrected chi connectivity index (χ3v) is 4.39. The number of primary amides is 1. The summed E-state index contributed by atoms with van der Waals surface area (Å²) in [6, 6.07) is 2.15. The van der Waals surface area contributed by atoms with Crippen LogP contribution in [0, 0.1) is 12.8 Å². The first-order chi connectivity index (χ1) is 9.56. The summed E-state index contributed by atoms with van der Waals surface area (Å²) >= 11 is 0. The van der Waals surface area contributed by atoms with E-state index in [0.29, 0.717) is 29.9 Å². The van der Waals surface area contributed by atoms with Gasteiger partial charge in [-0.05, 0) is 43.9 Å². The van der Waals surface area contributed by atoms with E-state index in [1.165, 1.54) is 12.8 Å². The summed E-state index contributed by atoms with van der Waals surface area (Å²) in [5.41, 5.74) is 12.8. The number of aromatic nitrogens is 1. The van der Waals surface area contributed by atoms with E-state index >= 15 is 0 Å². The molecule has 2 unspecified atom stereocenters. The monoisotopic (exact) mass is 276 g/mol. The summed E-state index contributed by atoms with van der Waals surface area (Å²) in [6.45, 7) is 2.56. The lowest BCUT2D eigenvalue weighted by atomic mass is 9.83. The second-order valence-corrected chi connectivity index (χ2v) is 5.65. The maximum atomic E-state index is 11.7. The van der Waals surface area contributed by atoms with Gasteiger partial charge in [0.2, 0.25) is 0 Å². The highest BCUT2D eigenvalue weighted by molar-refractivity contribution is 5.99.